The van der Waals surface area contributed by atoms with E-state index < -0.39 is 5.97 Å². The van der Waals surface area contributed by atoms with Crippen LogP contribution in [0, 0.1) is 6.92 Å². The first-order chi connectivity index (χ1) is 12.1. The highest BCUT2D eigenvalue weighted by molar-refractivity contribution is 5.91. The Morgan fingerprint density at radius 2 is 2.24 bits per heavy atom. The van der Waals surface area contributed by atoms with Crippen molar-refractivity contribution in [3.63, 3.8) is 0 Å². The summed E-state index contributed by atoms with van der Waals surface area (Å²) in [6.45, 7) is 3.74. The van der Waals surface area contributed by atoms with Crippen LogP contribution in [0.4, 0.5) is 5.69 Å². The van der Waals surface area contributed by atoms with Gasteiger partial charge in [-0.2, -0.15) is 0 Å². The number of rotatable bonds is 8. The number of nitrogens with zero attached hydrogens (tertiary/aromatic N) is 1. The minimum absolute atomic E-state index is 0.224. The lowest BCUT2D eigenvalue weighted by Crippen LogP contribution is -2.33. The zero-order valence-electron chi connectivity index (χ0n) is 14.4. The highest BCUT2D eigenvalue weighted by atomic mass is 16.5. The standard InChI is InChI=1S/C18H22N2O5/c1-12-20-14(11-25-12)3-5-24-17-8-13(18(21)22-2)7-15(9-17)19-10-16-4-6-23-16/h7-9,11,16,19H,3-6,10H2,1-2H3. The molecule has 2 heterocycles. The number of carbonyl (C=O) groups excluding carboxylic acids is 1. The summed E-state index contributed by atoms with van der Waals surface area (Å²) in [5.41, 5.74) is 2.07. The van der Waals surface area contributed by atoms with Gasteiger partial charge in [-0.3, -0.25) is 0 Å². The number of nitrogens with one attached hydrogen (secondary N) is 1. The second kappa shape index (κ2) is 8.02. The predicted octanol–water partition coefficient (Wildman–Crippen LogP) is 2.59. The fraction of sp³-hybridized carbons (Fsp3) is 0.444. The number of ether oxygens (including phenoxy) is 3. The average Bonchev–Trinajstić information content (AvgIpc) is 2.98. The van der Waals surface area contributed by atoms with Crippen LogP contribution in [0.5, 0.6) is 5.75 Å². The maximum atomic E-state index is 11.9. The number of carbonyl (C=O) groups is 1. The Hall–Kier alpha value is -2.54. The van der Waals surface area contributed by atoms with Crippen LogP contribution in [-0.4, -0.2) is 43.9 Å². The molecule has 134 valence electrons. The average molecular weight is 346 g/mol. The summed E-state index contributed by atoms with van der Waals surface area (Å²) >= 11 is 0. The number of aromatic nitrogens is 1. The molecule has 0 aliphatic carbocycles. The van der Waals surface area contributed by atoms with E-state index in [1.54, 1.807) is 25.3 Å². The summed E-state index contributed by atoms with van der Waals surface area (Å²) in [5.74, 6) is 0.827. The van der Waals surface area contributed by atoms with E-state index >= 15 is 0 Å². The molecule has 0 saturated carbocycles. The first-order valence-corrected chi connectivity index (χ1v) is 8.27. The van der Waals surface area contributed by atoms with Gasteiger partial charge in [-0.05, 0) is 18.6 Å². The first-order valence-electron chi connectivity index (χ1n) is 8.27. The summed E-state index contributed by atoms with van der Waals surface area (Å²) in [6, 6.07) is 5.28. The second-order valence-electron chi connectivity index (χ2n) is 5.86. The largest absolute Gasteiger partial charge is 0.493 e. The number of hydrogen-bond acceptors (Lipinski definition) is 7. The van der Waals surface area contributed by atoms with E-state index in [-0.39, 0.29) is 6.10 Å². The predicted molar refractivity (Wildman–Crippen MR) is 91.1 cm³/mol. The van der Waals surface area contributed by atoms with Gasteiger partial charge in [0.25, 0.3) is 0 Å². The molecule has 1 aliphatic rings. The molecule has 1 aliphatic heterocycles. The lowest BCUT2D eigenvalue weighted by atomic mass is 10.1. The number of anilines is 1. The van der Waals surface area contributed by atoms with Crippen molar-refractivity contribution in [2.24, 2.45) is 0 Å². The fourth-order valence-corrected chi connectivity index (χ4v) is 2.49. The van der Waals surface area contributed by atoms with Crippen molar-refractivity contribution in [3.05, 3.63) is 41.6 Å². The van der Waals surface area contributed by atoms with Crippen molar-refractivity contribution in [2.45, 2.75) is 25.9 Å². The third kappa shape index (κ3) is 4.73. The van der Waals surface area contributed by atoms with Crippen LogP contribution < -0.4 is 10.1 Å². The number of aryl methyl sites for hydroxylation is 1. The van der Waals surface area contributed by atoms with Gasteiger partial charge in [0.2, 0.25) is 0 Å². The van der Waals surface area contributed by atoms with E-state index in [2.05, 4.69) is 10.3 Å². The molecule has 0 radical (unpaired) electrons. The van der Waals surface area contributed by atoms with Crippen LogP contribution in [0.2, 0.25) is 0 Å². The molecule has 1 saturated heterocycles. The van der Waals surface area contributed by atoms with Crippen LogP contribution in [0.25, 0.3) is 0 Å². The summed E-state index contributed by atoms with van der Waals surface area (Å²) in [4.78, 5) is 16.1. The molecule has 1 aromatic heterocycles. The minimum Gasteiger partial charge on any atom is -0.493 e. The monoisotopic (exact) mass is 346 g/mol. The molecule has 1 fully saturated rings. The summed E-state index contributed by atoms with van der Waals surface area (Å²) in [7, 11) is 1.36. The number of esters is 1. The SMILES string of the molecule is COC(=O)c1cc(NCC2CCO2)cc(OCCc2coc(C)n2)c1. The molecule has 0 amide bonds. The van der Waals surface area contributed by atoms with Gasteiger partial charge in [0.15, 0.2) is 5.89 Å². The molecule has 2 aromatic rings. The van der Waals surface area contributed by atoms with Gasteiger partial charge in [0, 0.05) is 38.2 Å². The summed E-state index contributed by atoms with van der Waals surface area (Å²) in [5, 5.41) is 3.28. The van der Waals surface area contributed by atoms with Gasteiger partial charge in [0.1, 0.15) is 12.0 Å². The fourth-order valence-electron chi connectivity index (χ4n) is 2.49. The van der Waals surface area contributed by atoms with Crippen LogP contribution in [0.15, 0.2) is 28.9 Å². The van der Waals surface area contributed by atoms with Gasteiger partial charge >= 0.3 is 5.97 Å². The van der Waals surface area contributed by atoms with Gasteiger partial charge in [-0.1, -0.05) is 0 Å². The maximum Gasteiger partial charge on any atom is 0.338 e. The third-order valence-electron chi connectivity index (χ3n) is 3.95. The third-order valence-corrected chi connectivity index (χ3v) is 3.95. The Kier molecular flexibility index (Phi) is 5.55. The molecule has 3 rings (SSSR count). The maximum absolute atomic E-state index is 11.9. The van der Waals surface area contributed by atoms with Crippen molar-refractivity contribution >= 4 is 11.7 Å². The molecular weight excluding hydrogens is 324 g/mol. The number of oxazole rings is 1. The normalized spacial score (nSPS) is 16.2. The van der Waals surface area contributed by atoms with Gasteiger partial charge in [0.05, 0.1) is 31.1 Å². The Balaban J connectivity index is 1.63. The highest BCUT2D eigenvalue weighted by Crippen LogP contribution is 2.23. The Labute approximate surface area is 146 Å². The van der Waals surface area contributed by atoms with Crippen LogP contribution in [0.1, 0.15) is 28.4 Å². The molecule has 1 atom stereocenters. The van der Waals surface area contributed by atoms with Crippen molar-refractivity contribution in [1.29, 1.82) is 0 Å². The van der Waals surface area contributed by atoms with Crippen molar-refractivity contribution in [1.82, 2.24) is 4.98 Å². The Morgan fingerprint density at radius 1 is 1.40 bits per heavy atom. The van der Waals surface area contributed by atoms with E-state index in [1.165, 1.54) is 7.11 Å². The summed E-state index contributed by atoms with van der Waals surface area (Å²) in [6.07, 6.45) is 3.51. The summed E-state index contributed by atoms with van der Waals surface area (Å²) < 4.78 is 21.2. The molecule has 0 spiro atoms. The zero-order valence-corrected chi connectivity index (χ0v) is 14.4. The molecule has 1 N–H and O–H groups in total. The Morgan fingerprint density at radius 3 is 2.88 bits per heavy atom. The quantitative estimate of drug-likeness (QED) is 0.736. The molecule has 0 bridgehead atoms. The molecule has 7 heteroatoms. The second-order valence-corrected chi connectivity index (χ2v) is 5.86. The lowest BCUT2D eigenvalue weighted by Gasteiger charge is -2.27. The van der Waals surface area contributed by atoms with E-state index in [4.69, 9.17) is 18.6 Å². The van der Waals surface area contributed by atoms with Gasteiger partial charge in [-0.25, -0.2) is 9.78 Å². The number of methoxy groups -OCH3 is 1. The molecule has 1 aromatic carbocycles. The molecular formula is C18H22N2O5. The van der Waals surface area contributed by atoms with E-state index in [1.807, 2.05) is 6.07 Å². The Bertz CT molecular complexity index is 724. The van der Waals surface area contributed by atoms with E-state index in [9.17, 15) is 4.79 Å². The number of hydrogen-bond donors (Lipinski definition) is 1. The smallest absolute Gasteiger partial charge is 0.338 e. The van der Waals surface area contributed by atoms with Gasteiger partial charge in [-0.15, -0.1) is 0 Å². The molecule has 25 heavy (non-hydrogen) atoms. The lowest BCUT2D eigenvalue weighted by molar-refractivity contribution is -0.0410. The van der Waals surface area contributed by atoms with Crippen molar-refractivity contribution < 1.29 is 23.4 Å². The van der Waals surface area contributed by atoms with Crippen LogP contribution in [0.3, 0.4) is 0 Å². The zero-order chi connectivity index (χ0) is 17.6. The topological polar surface area (TPSA) is 82.8 Å². The van der Waals surface area contributed by atoms with Crippen LogP contribution in [-0.2, 0) is 15.9 Å². The van der Waals surface area contributed by atoms with E-state index in [0.717, 1.165) is 24.4 Å². The first kappa shape index (κ1) is 17.3. The van der Waals surface area contributed by atoms with Crippen molar-refractivity contribution in [3.8, 4) is 5.75 Å². The minimum atomic E-state index is -0.402. The van der Waals surface area contributed by atoms with Crippen LogP contribution >= 0.6 is 0 Å². The van der Waals surface area contributed by atoms with E-state index in [0.29, 0.717) is 36.8 Å². The van der Waals surface area contributed by atoms with Crippen molar-refractivity contribution in [2.75, 3.05) is 32.2 Å². The number of benzene rings is 1. The molecule has 1 unspecified atom stereocenters. The highest BCUT2D eigenvalue weighted by Gasteiger charge is 2.18. The molecule has 7 nitrogen and oxygen atoms in total. The van der Waals surface area contributed by atoms with Gasteiger partial charge < -0.3 is 23.9 Å².